The summed E-state index contributed by atoms with van der Waals surface area (Å²) in [5, 5.41) is 0. The van der Waals surface area contributed by atoms with Crippen LogP contribution in [0, 0.1) is 6.92 Å². The van der Waals surface area contributed by atoms with Gasteiger partial charge in [-0.15, -0.1) is 0 Å². The molecule has 5 heteroatoms. The number of methoxy groups -OCH3 is 1. The maximum Gasteiger partial charge on any atom is 0.0952 e. The number of hydrogen-bond donors (Lipinski definition) is 0. The van der Waals surface area contributed by atoms with Gasteiger partial charge in [0, 0.05) is 86.2 Å². The molecular weight excluding hydrogens is 613 g/mol. The molecule has 0 saturated carbocycles. The summed E-state index contributed by atoms with van der Waals surface area (Å²) < 4.78 is 6.16. The monoisotopic (exact) mass is 666 g/mol. The maximum absolute atomic E-state index is 6.16. The Morgan fingerprint density at radius 2 is 0.680 bits per heavy atom. The molecule has 0 radical (unpaired) electrons. The molecule has 0 aliphatic rings. The fourth-order valence-electron chi connectivity index (χ4n) is 5.52. The van der Waals surface area contributed by atoms with Crippen molar-refractivity contribution >= 4 is 33.9 Å². The zero-order valence-electron chi connectivity index (χ0n) is 31.6. The van der Waals surface area contributed by atoms with Crippen LogP contribution in [-0.4, -0.2) is 69.6 Å². The van der Waals surface area contributed by atoms with Gasteiger partial charge in [-0.05, 0) is 101 Å². The van der Waals surface area contributed by atoms with E-state index in [4.69, 9.17) is 4.74 Å². The normalized spacial score (nSPS) is 10.5. The van der Waals surface area contributed by atoms with Gasteiger partial charge in [-0.3, -0.25) is 0 Å². The Morgan fingerprint density at radius 3 is 0.860 bits per heavy atom. The lowest BCUT2D eigenvalue weighted by Gasteiger charge is -2.19. The van der Waals surface area contributed by atoms with Gasteiger partial charge in [-0.1, -0.05) is 84.4 Å². The van der Waals surface area contributed by atoms with Gasteiger partial charge in [0.1, 0.15) is 0 Å². The molecule has 50 heavy (non-hydrogen) atoms. The zero-order chi connectivity index (χ0) is 36.2. The minimum Gasteiger partial charge on any atom is -0.378 e. The van der Waals surface area contributed by atoms with Crippen molar-refractivity contribution in [3.8, 4) is 0 Å². The van der Waals surface area contributed by atoms with Crippen LogP contribution in [0.25, 0.3) is 11.1 Å². The summed E-state index contributed by atoms with van der Waals surface area (Å²) >= 11 is 0. The average Bonchev–Trinajstić information content (AvgIpc) is 3.12. The highest BCUT2D eigenvalue weighted by molar-refractivity contribution is 5.84. The number of aryl methyl sites for hydroxylation is 1. The fourth-order valence-corrected chi connectivity index (χ4v) is 5.52. The van der Waals surface area contributed by atoms with E-state index in [9.17, 15) is 0 Å². The van der Waals surface area contributed by atoms with Crippen molar-refractivity contribution in [3.63, 3.8) is 0 Å². The van der Waals surface area contributed by atoms with Gasteiger partial charge in [-0.2, -0.15) is 0 Å². The van der Waals surface area contributed by atoms with E-state index >= 15 is 0 Å². The molecule has 0 bridgehead atoms. The SMILES string of the molecule is COC(C=C(c1ccc(N(C)C)cc1)c1ccc(N(C)C)cc1)C=C(c1ccc(N(C)C)cc1)c1ccc(N(C)C)cc1.Cc1ccccc1. The average molecular weight is 667 g/mol. The predicted octanol–water partition coefficient (Wildman–Crippen LogP) is 9.52. The minimum atomic E-state index is -0.269. The van der Waals surface area contributed by atoms with E-state index in [1.54, 1.807) is 7.11 Å². The van der Waals surface area contributed by atoms with Crippen LogP contribution in [0.1, 0.15) is 27.8 Å². The van der Waals surface area contributed by atoms with Crippen LogP contribution >= 0.6 is 0 Å². The minimum absolute atomic E-state index is 0.269. The smallest absolute Gasteiger partial charge is 0.0952 e. The molecule has 5 aromatic rings. The van der Waals surface area contributed by atoms with Crippen molar-refractivity contribution in [2.45, 2.75) is 13.0 Å². The van der Waals surface area contributed by atoms with Gasteiger partial charge in [0.2, 0.25) is 0 Å². The second-order valence-electron chi connectivity index (χ2n) is 13.3. The van der Waals surface area contributed by atoms with Crippen LogP contribution in [-0.2, 0) is 4.74 Å². The molecule has 0 aliphatic carbocycles. The molecule has 0 aliphatic heterocycles. The molecule has 0 saturated heterocycles. The third-order valence-electron chi connectivity index (χ3n) is 8.65. The Morgan fingerprint density at radius 1 is 0.420 bits per heavy atom. The molecule has 0 heterocycles. The van der Waals surface area contributed by atoms with Gasteiger partial charge < -0.3 is 24.3 Å². The van der Waals surface area contributed by atoms with E-state index in [-0.39, 0.29) is 6.10 Å². The van der Waals surface area contributed by atoms with Crippen LogP contribution in [0.5, 0.6) is 0 Å². The van der Waals surface area contributed by atoms with Crippen LogP contribution < -0.4 is 19.6 Å². The highest BCUT2D eigenvalue weighted by Gasteiger charge is 2.14. The molecular formula is C45H54N4O. The first-order chi connectivity index (χ1) is 24.0. The molecule has 5 rings (SSSR count). The quantitative estimate of drug-likeness (QED) is 0.140. The van der Waals surface area contributed by atoms with Crippen molar-refractivity contribution in [1.29, 1.82) is 0 Å². The first-order valence-corrected chi connectivity index (χ1v) is 17.1. The number of hydrogen-bond acceptors (Lipinski definition) is 5. The molecule has 0 aromatic heterocycles. The lowest BCUT2D eigenvalue weighted by atomic mass is 9.93. The zero-order valence-corrected chi connectivity index (χ0v) is 31.6. The number of nitrogens with zero attached hydrogens (tertiary/aromatic N) is 4. The molecule has 0 fully saturated rings. The van der Waals surface area contributed by atoms with Crippen LogP contribution in [0.3, 0.4) is 0 Å². The highest BCUT2D eigenvalue weighted by Crippen LogP contribution is 2.31. The molecule has 0 atom stereocenters. The Kier molecular flexibility index (Phi) is 13.5. The van der Waals surface area contributed by atoms with E-state index in [2.05, 4.69) is 204 Å². The second kappa shape index (κ2) is 17.9. The van der Waals surface area contributed by atoms with Crippen molar-refractivity contribution in [1.82, 2.24) is 0 Å². The summed E-state index contributed by atoms with van der Waals surface area (Å²) in [4.78, 5) is 8.48. The number of rotatable bonds is 11. The molecule has 0 amide bonds. The number of anilines is 4. The standard InChI is InChI=1S/C38H46N4O.C7H8/c1-39(2)32-18-10-28(11-19-32)37(29-12-20-33(21-13-29)40(3)4)26-36(43-9)27-38(30-14-22-34(23-15-30)41(5)6)31-16-24-35(25-17-31)42(7)8;1-7-5-3-2-4-6-7/h10-27,36H,1-9H3;2-6H,1H3. The third-order valence-corrected chi connectivity index (χ3v) is 8.65. The maximum atomic E-state index is 6.16. The molecule has 5 aromatic carbocycles. The Balaban J connectivity index is 0.000000714. The first-order valence-electron chi connectivity index (χ1n) is 17.1. The third kappa shape index (κ3) is 10.4. The molecule has 260 valence electrons. The summed E-state index contributed by atoms with van der Waals surface area (Å²) in [7, 11) is 18.3. The largest absolute Gasteiger partial charge is 0.378 e. The summed E-state index contributed by atoms with van der Waals surface area (Å²) in [5.74, 6) is 0. The van der Waals surface area contributed by atoms with E-state index in [0.717, 1.165) is 33.4 Å². The lowest BCUT2D eigenvalue weighted by Crippen LogP contribution is -2.10. The topological polar surface area (TPSA) is 22.2 Å². The van der Waals surface area contributed by atoms with Gasteiger partial charge in [0.05, 0.1) is 6.10 Å². The molecule has 5 nitrogen and oxygen atoms in total. The summed E-state index contributed by atoms with van der Waals surface area (Å²) in [5.41, 5.74) is 12.8. The Labute approximate surface area is 301 Å². The Bertz CT molecular complexity index is 1580. The second-order valence-corrected chi connectivity index (χ2v) is 13.3. The van der Waals surface area contributed by atoms with E-state index < -0.39 is 0 Å². The van der Waals surface area contributed by atoms with Crippen molar-refractivity contribution in [2.75, 3.05) is 83.1 Å². The number of ether oxygens (including phenoxy) is 1. The first kappa shape index (κ1) is 37.6. The Hall–Kier alpha value is -5.26. The van der Waals surface area contributed by atoms with Crippen LogP contribution in [0.4, 0.5) is 22.7 Å². The summed E-state index contributed by atoms with van der Waals surface area (Å²) in [6, 6.07) is 45.1. The van der Waals surface area contributed by atoms with Gasteiger partial charge in [0.25, 0.3) is 0 Å². The predicted molar refractivity (Wildman–Crippen MR) is 219 cm³/mol. The van der Waals surface area contributed by atoms with E-state index in [0.29, 0.717) is 0 Å². The highest BCUT2D eigenvalue weighted by atomic mass is 16.5. The van der Waals surface area contributed by atoms with E-state index in [1.165, 1.54) is 28.3 Å². The molecule has 0 N–H and O–H groups in total. The van der Waals surface area contributed by atoms with Gasteiger partial charge >= 0.3 is 0 Å². The fraction of sp³-hybridized carbons (Fsp3) is 0.244. The van der Waals surface area contributed by atoms with Crippen LogP contribution in [0.2, 0.25) is 0 Å². The van der Waals surface area contributed by atoms with Crippen molar-refractivity contribution in [2.24, 2.45) is 0 Å². The lowest BCUT2D eigenvalue weighted by molar-refractivity contribution is 0.178. The summed E-state index contributed by atoms with van der Waals surface area (Å²) in [6.07, 6.45) is 4.20. The molecule has 0 spiro atoms. The van der Waals surface area contributed by atoms with E-state index in [1.807, 2.05) is 18.2 Å². The van der Waals surface area contributed by atoms with Crippen LogP contribution in [0.15, 0.2) is 140 Å². The summed E-state index contributed by atoms with van der Waals surface area (Å²) in [6.45, 7) is 2.08. The number of benzene rings is 5. The van der Waals surface area contributed by atoms with Gasteiger partial charge in [-0.25, -0.2) is 0 Å². The van der Waals surface area contributed by atoms with Crippen molar-refractivity contribution < 1.29 is 4.74 Å². The van der Waals surface area contributed by atoms with Gasteiger partial charge in [0.15, 0.2) is 0 Å². The molecule has 0 unspecified atom stereocenters. The van der Waals surface area contributed by atoms with Crippen molar-refractivity contribution in [3.05, 3.63) is 167 Å².